The van der Waals surface area contributed by atoms with Gasteiger partial charge in [0.1, 0.15) is 0 Å². The van der Waals surface area contributed by atoms with Gasteiger partial charge < -0.3 is 0 Å². The molecule has 0 fully saturated rings. The first kappa shape index (κ1) is 31.2. The summed E-state index contributed by atoms with van der Waals surface area (Å²) >= 11 is 0. The molecule has 0 saturated heterocycles. The van der Waals surface area contributed by atoms with Crippen LogP contribution in [0.5, 0.6) is 0 Å². The van der Waals surface area contributed by atoms with Gasteiger partial charge in [-0.1, -0.05) is 140 Å². The van der Waals surface area contributed by atoms with Gasteiger partial charge in [-0.3, -0.25) is 4.98 Å². The predicted octanol–water partition coefficient (Wildman–Crippen LogP) is 12.2. The van der Waals surface area contributed by atoms with Crippen LogP contribution in [-0.2, 0) is 0 Å². The lowest BCUT2D eigenvalue weighted by molar-refractivity contribution is 1.18. The molecule has 0 aliphatic rings. The highest BCUT2D eigenvalue weighted by molar-refractivity contribution is 6.04. The highest BCUT2D eigenvalue weighted by Crippen LogP contribution is 2.34. The van der Waals surface area contributed by atoms with E-state index in [0.717, 1.165) is 78.0 Å². The van der Waals surface area contributed by atoms with E-state index in [1.54, 1.807) is 0 Å². The number of benzene rings is 6. The molecule has 0 bridgehead atoms. The molecule has 4 nitrogen and oxygen atoms in total. The van der Waals surface area contributed by atoms with Crippen LogP contribution in [0.25, 0.3) is 89.2 Å². The Balaban J connectivity index is 1.10. The number of rotatable bonds is 6. The molecule has 0 amide bonds. The molecule has 0 spiro atoms. The molecule has 4 heteroatoms. The molecule has 0 unspecified atom stereocenters. The van der Waals surface area contributed by atoms with Crippen LogP contribution in [-0.4, -0.2) is 19.9 Å². The van der Waals surface area contributed by atoms with E-state index in [0.29, 0.717) is 5.82 Å². The first-order valence-corrected chi connectivity index (χ1v) is 17.6. The van der Waals surface area contributed by atoms with Crippen LogP contribution < -0.4 is 0 Å². The van der Waals surface area contributed by atoms with E-state index in [4.69, 9.17) is 19.9 Å². The number of fused-ring (bicyclic) bond motifs is 3. The number of nitrogens with zero attached hydrogens (tertiary/aromatic N) is 4. The second kappa shape index (κ2) is 13.2. The van der Waals surface area contributed by atoms with E-state index in [2.05, 4.69) is 153 Å². The Labute approximate surface area is 303 Å². The lowest BCUT2D eigenvalue weighted by Gasteiger charge is -2.12. The lowest BCUT2D eigenvalue weighted by Crippen LogP contribution is -1.96. The molecule has 9 aromatic rings. The average Bonchev–Trinajstić information content (AvgIpc) is 3.21. The van der Waals surface area contributed by atoms with Crippen molar-refractivity contribution in [3.8, 4) is 67.4 Å². The van der Waals surface area contributed by atoms with Crippen molar-refractivity contribution < 1.29 is 0 Å². The minimum Gasteiger partial charge on any atom is -0.251 e. The molecule has 0 saturated carbocycles. The molecule has 3 aromatic heterocycles. The smallest absolute Gasteiger partial charge is 0.160 e. The molecule has 0 atom stereocenters. The molecule has 246 valence electrons. The summed E-state index contributed by atoms with van der Waals surface area (Å²) < 4.78 is 0. The fourth-order valence-electron chi connectivity index (χ4n) is 7.01. The molecule has 0 aliphatic heterocycles. The highest BCUT2D eigenvalue weighted by Gasteiger charge is 2.13. The quantitative estimate of drug-likeness (QED) is 0.166. The zero-order chi connectivity index (χ0) is 35.0. The van der Waals surface area contributed by atoms with Crippen LogP contribution in [0.15, 0.2) is 170 Å². The standard InChI is InChI=1S/C48H34N4/c1-31-27-32(2)49-47-42(31)25-23-36-24-26-43(50-46(36)47)40-17-9-15-38(28-40)39-16-10-18-41(29-39)45-30-44(51-48(52-45)37-13-7-4-8-14-37)35-21-19-34(20-22-35)33-11-5-3-6-12-33/h3-30H,1-2H3. The van der Waals surface area contributed by atoms with Gasteiger partial charge in [0.25, 0.3) is 0 Å². The summed E-state index contributed by atoms with van der Waals surface area (Å²) in [6.07, 6.45) is 0. The van der Waals surface area contributed by atoms with E-state index >= 15 is 0 Å². The van der Waals surface area contributed by atoms with Gasteiger partial charge >= 0.3 is 0 Å². The SMILES string of the molecule is Cc1cc(C)c2ccc3ccc(-c4cccc(-c5cccc(-c6cc(-c7ccc(-c8ccccc8)cc7)nc(-c7ccccc7)n6)c5)c4)nc3c2n1. The third-order valence-corrected chi connectivity index (χ3v) is 9.67. The summed E-state index contributed by atoms with van der Waals surface area (Å²) in [7, 11) is 0. The summed E-state index contributed by atoms with van der Waals surface area (Å²) in [6, 6.07) is 59.2. The van der Waals surface area contributed by atoms with Crippen LogP contribution in [0, 0.1) is 13.8 Å². The molecule has 0 radical (unpaired) electrons. The Kier molecular flexibility index (Phi) is 7.90. The number of aromatic nitrogens is 4. The van der Waals surface area contributed by atoms with Crippen LogP contribution in [0.1, 0.15) is 11.3 Å². The van der Waals surface area contributed by atoms with Crippen molar-refractivity contribution in [2.24, 2.45) is 0 Å². The predicted molar refractivity (Wildman–Crippen MR) is 215 cm³/mol. The van der Waals surface area contributed by atoms with Gasteiger partial charge in [0.2, 0.25) is 0 Å². The van der Waals surface area contributed by atoms with E-state index in [-0.39, 0.29) is 0 Å². The van der Waals surface area contributed by atoms with Crippen LogP contribution in [0.4, 0.5) is 0 Å². The van der Waals surface area contributed by atoms with Gasteiger partial charge in [0, 0.05) is 38.7 Å². The second-order valence-electron chi connectivity index (χ2n) is 13.2. The van der Waals surface area contributed by atoms with Gasteiger partial charge in [-0.05, 0) is 72.0 Å². The van der Waals surface area contributed by atoms with Crippen LogP contribution >= 0.6 is 0 Å². The van der Waals surface area contributed by atoms with Gasteiger partial charge in [-0.15, -0.1) is 0 Å². The first-order valence-electron chi connectivity index (χ1n) is 17.6. The minimum absolute atomic E-state index is 0.697. The van der Waals surface area contributed by atoms with E-state index < -0.39 is 0 Å². The van der Waals surface area contributed by atoms with Crippen molar-refractivity contribution in [3.05, 3.63) is 181 Å². The molecule has 52 heavy (non-hydrogen) atoms. The zero-order valence-corrected chi connectivity index (χ0v) is 29.0. The van der Waals surface area contributed by atoms with E-state index in [9.17, 15) is 0 Å². The zero-order valence-electron chi connectivity index (χ0n) is 29.0. The van der Waals surface area contributed by atoms with Crippen LogP contribution in [0.3, 0.4) is 0 Å². The maximum Gasteiger partial charge on any atom is 0.160 e. The molecule has 0 aliphatic carbocycles. The van der Waals surface area contributed by atoms with Crippen molar-refractivity contribution >= 4 is 21.8 Å². The summed E-state index contributed by atoms with van der Waals surface area (Å²) in [4.78, 5) is 20.2. The molecule has 0 N–H and O–H groups in total. The van der Waals surface area contributed by atoms with Crippen molar-refractivity contribution in [2.45, 2.75) is 13.8 Å². The number of pyridine rings is 2. The Hall–Kier alpha value is -6.78. The van der Waals surface area contributed by atoms with Crippen molar-refractivity contribution in [2.75, 3.05) is 0 Å². The van der Waals surface area contributed by atoms with Gasteiger partial charge in [0.15, 0.2) is 5.82 Å². The normalized spacial score (nSPS) is 11.3. The molecular weight excluding hydrogens is 633 g/mol. The second-order valence-corrected chi connectivity index (χ2v) is 13.2. The Morgan fingerprint density at radius 3 is 1.56 bits per heavy atom. The maximum atomic E-state index is 5.18. The molecule has 6 aromatic carbocycles. The third kappa shape index (κ3) is 6.01. The van der Waals surface area contributed by atoms with Gasteiger partial charge in [0.05, 0.1) is 28.1 Å². The van der Waals surface area contributed by atoms with Crippen LogP contribution in [0.2, 0.25) is 0 Å². The summed E-state index contributed by atoms with van der Waals surface area (Å²) in [5.74, 6) is 0.697. The topological polar surface area (TPSA) is 51.6 Å². The van der Waals surface area contributed by atoms with Crippen molar-refractivity contribution in [1.29, 1.82) is 0 Å². The summed E-state index contributed by atoms with van der Waals surface area (Å²) in [6.45, 7) is 4.18. The lowest BCUT2D eigenvalue weighted by atomic mass is 9.98. The largest absolute Gasteiger partial charge is 0.251 e. The average molecular weight is 667 g/mol. The minimum atomic E-state index is 0.697. The fourth-order valence-corrected chi connectivity index (χ4v) is 7.01. The molecule has 3 heterocycles. The first-order chi connectivity index (χ1) is 25.6. The highest BCUT2D eigenvalue weighted by atomic mass is 14.9. The van der Waals surface area contributed by atoms with Crippen molar-refractivity contribution in [1.82, 2.24) is 19.9 Å². The number of aryl methyl sites for hydroxylation is 2. The van der Waals surface area contributed by atoms with Gasteiger partial charge in [-0.2, -0.15) is 0 Å². The summed E-state index contributed by atoms with van der Waals surface area (Å²) in [5, 5.41) is 2.23. The third-order valence-electron chi connectivity index (χ3n) is 9.67. The number of hydrogen-bond donors (Lipinski definition) is 0. The number of hydrogen-bond acceptors (Lipinski definition) is 4. The van der Waals surface area contributed by atoms with E-state index in [1.807, 2.05) is 31.2 Å². The Morgan fingerprint density at radius 2 is 0.865 bits per heavy atom. The Morgan fingerprint density at radius 1 is 0.327 bits per heavy atom. The monoisotopic (exact) mass is 666 g/mol. The van der Waals surface area contributed by atoms with Gasteiger partial charge in [-0.25, -0.2) is 15.0 Å². The molecule has 9 rings (SSSR count). The molecular formula is C48H34N4. The van der Waals surface area contributed by atoms with Crippen molar-refractivity contribution in [3.63, 3.8) is 0 Å². The maximum absolute atomic E-state index is 5.18. The fraction of sp³-hybridized carbons (Fsp3) is 0.0417. The Bertz CT molecular complexity index is 2740. The summed E-state index contributed by atoms with van der Waals surface area (Å²) in [5.41, 5.74) is 15.4. The van der Waals surface area contributed by atoms with E-state index in [1.165, 1.54) is 16.7 Å².